The standard InChI is InChI=1S/C10H18/c1-10(2,3)9-7-5-4-6-8-9/h4-5,9H,6-8H2,1-3H3. The predicted molar refractivity (Wildman–Crippen MR) is 45.9 cm³/mol. The van der Waals surface area contributed by atoms with E-state index in [2.05, 4.69) is 32.9 Å². The van der Waals surface area contributed by atoms with Crippen LogP contribution in [0.15, 0.2) is 12.2 Å². The van der Waals surface area contributed by atoms with Crippen molar-refractivity contribution in [1.29, 1.82) is 0 Å². The van der Waals surface area contributed by atoms with Gasteiger partial charge in [-0.25, -0.2) is 0 Å². The van der Waals surface area contributed by atoms with E-state index in [-0.39, 0.29) is 0 Å². The van der Waals surface area contributed by atoms with Crippen molar-refractivity contribution in [3.05, 3.63) is 12.2 Å². The molecule has 0 amide bonds. The summed E-state index contributed by atoms with van der Waals surface area (Å²) in [7, 11) is 0. The van der Waals surface area contributed by atoms with Crippen LogP contribution in [-0.4, -0.2) is 0 Å². The third-order valence-corrected chi connectivity index (χ3v) is 2.49. The summed E-state index contributed by atoms with van der Waals surface area (Å²) in [6, 6.07) is 0. The molecule has 0 fully saturated rings. The lowest BCUT2D eigenvalue weighted by atomic mass is 9.74. The minimum absolute atomic E-state index is 0.519. The normalized spacial score (nSPS) is 26.9. The van der Waals surface area contributed by atoms with E-state index in [0.29, 0.717) is 5.41 Å². The van der Waals surface area contributed by atoms with Gasteiger partial charge in [0.15, 0.2) is 0 Å². The van der Waals surface area contributed by atoms with Crippen LogP contribution in [0.3, 0.4) is 0 Å². The van der Waals surface area contributed by atoms with E-state index in [4.69, 9.17) is 0 Å². The average molecular weight is 138 g/mol. The molecule has 0 nitrogen and oxygen atoms in total. The Hall–Kier alpha value is -0.260. The summed E-state index contributed by atoms with van der Waals surface area (Å²) in [5, 5.41) is 0. The molecular formula is C10H18. The van der Waals surface area contributed by atoms with E-state index in [1.807, 2.05) is 0 Å². The Morgan fingerprint density at radius 1 is 1.20 bits per heavy atom. The first-order valence-electron chi connectivity index (χ1n) is 4.26. The molecule has 1 rings (SSSR count). The van der Waals surface area contributed by atoms with Gasteiger partial charge in [-0.05, 0) is 30.6 Å². The van der Waals surface area contributed by atoms with Crippen molar-refractivity contribution < 1.29 is 0 Å². The van der Waals surface area contributed by atoms with Crippen LogP contribution in [0.1, 0.15) is 40.0 Å². The lowest BCUT2D eigenvalue weighted by Gasteiger charge is -2.31. The molecule has 0 aromatic carbocycles. The molecule has 0 heterocycles. The molecule has 0 aromatic rings. The van der Waals surface area contributed by atoms with Crippen molar-refractivity contribution in [1.82, 2.24) is 0 Å². The Kier molecular flexibility index (Phi) is 2.18. The second-order valence-electron chi connectivity index (χ2n) is 4.35. The van der Waals surface area contributed by atoms with Crippen LogP contribution in [0.2, 0.25) is 0 Å². The third kappa shape index (κ3) is 1.86. The van der Waals surface area contributed by atoms with E-state index in [0.717, 1.165) is 5.92 Å². The Balaban J connectivity index is 2.49. The summed E-state index contributed by atoms with van der Waals surface area (Å²) < 4.78 is 0. The molecule has 0 saturated heterocycles. The van der Waals surface area contributed by atoms with Crippen LogP contribution < -0.4 is 0 Å². The molecule has 0 radical (unpaired) electrons. The van der Waals surface area contributed by atoms with Gasteiger partial charge < -0.3 is 0 Å². The largest absolute Gasteiger partial charge is 0.0885 e. The van der Waals surface area contributed by atoms with E-state index in [1.54, 1.807) is 0 Å². The lowest BCUT2D eigenvalue weighted by Crippen LogP contribution is -2.20. The molecule has 0 aromatic heterocycles. The number of allylic oxidation sites excluding steroid dienone is 2. The minimum Gasteiger partial charge on any atom is -0.0885 e. The second-order valence-corrected chi connectivity index (χ2v) is 4.35. The van der Waals surface area contributed by atoms with Gasteiger partial charge in [0.25, 0.3) is 0 Å². The highest BCUT2D eigenvalue weighted by molar-refractivity contribution is 4.93. The first-order chi connectivity index (χ1) is 4.61. The molecule has 1 aliphatic carbocycles. The first-order valence-corrected chi connectivity index (χ1v) is 4.26. The fourth-order valence-electron chi connectivity index (χ4n) is 1.58. The molecule has 1 atom stereocenters. The van der Waals surface area contributed by atoms with Crippen LogP contribution >= 0.6 is 0 Å². The predicted octanol–water partition coefficient (Wildman–Crippen LogP) is 3.39. The maximum absolute atomic E-state index is 2.34. The minimum atomic E-state index is 0.519. The van der Waals surface area contributed by atoms with Gasteiger partial charge in [0, 0.05) is 0 Å². The highest BCUT2D eigenvalue weighted by atomic mass is 14.3. The Morgan fingerprint density at radius 2 is 1.90 bits per heavy atom. The molecule has 0 saturated carbocycles. The fraction of sp³-hybridized carbons (Fsp3) is 0.800. The van der Waals surface area contributed by atoms with E-state index >= 15 is 0 Å². The molecule has 58 valence electrons. The van der Waals surface area contributed by atoms with Gasteiger partial charge in [-0.2, -0.15) is 0 Å². The quantitative estimate of drug-likeness (QED) is 0.450. The Labute approximate surface area is 64.3 Å². The molecular weight excluding hydrogens is 120 g/mol. The summed E-state index contributed by atoms with van der Waals surface area (Å²) in [4.78, 5) is 0. The monoisotopic (exact) mass is 138 g/mol. The Morgan fingerprint density at radius 3 is 2.20 bits per heavy atom. The molecule has 0 aliphatic heterocycles. The van der Waals surface area contributed by atoms with Crippen molar-refractivity contribution in [3.63, 3.8) is 0 Å². The number of rotatable bonds is 0. The third-order valence-electron chi connectivity index (χ3n) is 2.49. The molecule has 0 spiro atoms. The molecule has 0 bridgehead atoms. The van der Waals surface area contributed by atoms with Crippen LogP contribution in [0.4, 0.5) is 0 Å². The lowest BCUT2D eigenvalue weighted by molar-refractivity contribution is 0.223. The molecule has 1 aliphatic rings. The van der Waals surface area contributed by atoms with E-state index in [9.17, 15) is 0 Å². The molecule has 10 heavy (non-hydrogen) atoms. The zero-order valence-corrected chi connectivity index (χ0v) is 7.35. The molecule has 0 N–H and O–H groups in total. The summed E-state index contributed by atoms with van der Waals surface area (Å²) in [5.74, 6) is 0.914. The van der Waals surface area contributed by atoms with Crippen LogP contribution in [-0.2, 0) is 0 Å². The molecule has 0 heteroatoms. The topological polar surface area (TPSA) is 0 Å². The summed E-state index contributed by atoms with van der Waals surface area (Å²) in [6.07, 6.45) is 8.62. The maximum atomic E-state index is 2.34. The van der Waals surface area contributed by atoms with Gasteiger partial charge in [-0.3, -0.25) is 0 Å². The highest BCUT2D eigenvalue weighted by Crippen LogP contribution is 2.34. The summed E-state index contributed by atoms with van der Waals surface area (Å²) in [5.41, 5.74) is 0.519. The van der Waals surface area contributed by atoms with Crippen molar-refractivity contribution in [2.45, 2.75) is 40.0 Å². The maximum Gasteiger partial charge on any atom is -0.0317 e. The number of hydrogen-bond acceptors (Lipinski definition) is 0. The van der Waals surface area contributed by atoms with Gasteiger partial charge in [0.2, 0.25) is 0 Å². The van der Waals surface area contributed by atoms with Gasteiger partial charge in [-0.15, -0.1) is 0 Å². The van der Waals surface area contributed by atoms with Crippen molar-refractivity contribution in [2.24, 2.45) is 11.3 Å². The van der Waals surface area contributed by atoms with Crippen molar-refractivity contribution >= 4 is 0 Å². The van der Waals surface area contributed by atoms with Crippen molar-refractivity contribution in [3.8, 4) is 0 Å². The van der Waals surface area contributed by atoms with E-state index in [1.165, 1.54) is 19.3 Å². The van der Waals surface area contributed by atoms with Gasteiger partial charge >= 0.3 is 0 Å². The second kappa shape index (κ2) is 2.77. The SMILES string of the molecule is CC(C)(C)C1CC=CCC1. The smallest absolute Gasteiger partial charge is 0.0317 e. The zero-order chi connectivity index (χ0) is 7.61. The van der Waals surface area contributed by atoms with Crippen molar-refractivity contribution in [2.75, 3.05) is 0 Å². The van der Waals surface area contributed by atoms with Crippen LogP contribution in [0.5, 0.6) is 0 Å². The van der Waals surface area contributed by atoms with Crippen LogP contribution in [0.25, 0.3) is 0 Å². The van der Waals surface area contributed by atoms with Gasteiger partial charge in [-0.1, -0.05) is 32.9 Å². The van der Waals surface area contributed by atoms with Crippen LogP contribution in [0, 0.1) is 11.3 Å². The molecule has 1 unspecified atom stereocenters. The average Bonchev–Trinajstić information content (AvgIpc) is 1.88. The first kappa shape index (κ1) is 7.84. The Bertz CT molecular complexity index is 125. The number of hydrogen-bond donors (Lipinski definition) is 0. The van der Waals surface area contributed by atoms with Gasteiger partial charge in [0.1, 0.15) is 0 Å². The van der Waals surface area contributed by atoms with E-state index < -0.39 is 0 Å². The zero-order valence-electron chi connectivity index (χ0n) is 7.35. The summed E-state index contributed by atoms with van der Waals surface area (Å²) in [6.45, 7) is 7.03. The highest BCUT2D eigenvalue weighted by Gasteiger charge is 2.23. The fourth-order valence-corrected chi connectivity index (χ4v) is 1.58. The van der Waals surface area contributed by atoms with Gasteiger partial charge in [0.05, 0.1) is 0 Å². The summed E-state index contributed by atoms with van der Waals surface area (Å²) >= 11 is 0.